The van der Waals surface area contributed by atoms with Gasteiger partial charge in [-0.3, -0.25) is 14.4 Å². The van der Waals surface area contributed by atoms with Crippen molar-refractivity contribution in [2.75, 3.05) is 5.32 Å². The average Bonchev–Trinajstić information content (AvgIpc) is 2.76. The fraction of sp³-hybridized carbons (Fsp3) is 0.367. The third-order valence-corrected chi connectivity index (χ3v) is 7.20. The van der Waals surface area contributed by atoms with Crippen LogP contribution < -0.4 is 10.1 Å². The molecule has 1 atom stereocenters. The van der Waals surface area contributed by atoms with Crippen molar-refractivity contribution in [3.63, 3.8) is 0 Å². The number of fused-ring (bicyclic) bond motifs is 1. The Balaban J connectivity index is 1.60. The fourth-order valence-electron chi connectivity index (χ4n) is 5.64. The van der Waals surface area contributed by atoms with E-state index in [0.717, 1.165) is 0 Å². The summed E-state index contributed by atoms with van der Waals surface area (Å²) in [6, 6.07) is 14.2. The van der Waals surface area contributed by atoms with E-state index in [4.69, 9.17) is 4.74 Å². The van der Waals surface area contributed by atoms with Gasteiger partial charge in [-0.15, -0.1) is 0 Å². The van der Waals surface area contributed by atoms with Gasteiger partial charge in [0, 0.05) is 59.7 Å². The number of carbonyl (C=O) groups excluding carboxylic acids is 3. The Bertz CT molecular complexity index is 1350. The van der Waals surface area contributed by atoms with Crippen LogP contribution in [-0.2, 0) is 9.59 Å². The molecule has 6 nitrogen and oxygen atoms in total. The van der Waals surface area contributed by atoms with Crippen molar-refractivity contribution in [3.05, 3.63) is 82.3 Å². The molecule has 1 amide bonds. The van der Waals surface area contributed by atoms with Gasteiger partial charge in [-0.2, -0.15) is 0 Å². The highest BCUT2D eigenvalue weighted by Gasteiger charge is 2.46. The molecule has 3 aliphatic rings. The summed E-state index contributed by atoms with van der Waals surface area (Å²) in [5, 5.41) is 14.0. The van der Waals surface area contributed by atoms with E-state index < -0.39 is 5.92 Å². The van der Waals surface area contributed by atoms with Crippen molar-refractivity contribution >= 4 is 23.2 Å². The summed E-state index contributed by atoms with van der Waals surface area (Å²) in [4.78, 5) is 39.5. The van der Waals surface area contributed by atoms with Crippen LogP contribution in [0.15, 0.2) is 71.2 Å². The van der Waals surface area contributed by atoms with Gasteiger partial charge in [0.05, 0.1) is 5.92 Å². The standard InChI is InChI=1S/C30H31NO5/c1-29(2)13-20(32)26(21(33)14-29)25-19-11-10-18(31-28(35)17-8-6-5-7-9-17)12-23(19)36-24-16-30(3,4)15-22(34)27(24)25/h5-12,25,32H,13-16H2,1-4H3,(H,31,35). The molecule has 6 heteroatoms. The van der Waals surface area contributed by atoms with Crippen LogP contribution in [0.5, 0.6) is 5.75 Å². The number of aliphatic hydroxyl groups is 1. The van der Waals surface area contributed by atoms with Crippen LogP contribution in [0.25, 0.3) is 0 Å². The Kier molecular flexibility index (Phi) is 5.66. The molecule has 0 saturated carbocycles. The molecule has 0 aromatic heterocycles. The molecule has 0 saturated heterocycles. The normalized spacial score (nSPS) is 22.5. The van der Waals surface area contributed by atoms with Crippen LogP contribution in [0, 0.1) is 10.8 Å². The fourth-order valence-corrected chi connectivity index (χ4v) is 5.64. The van der Waals surface area contributed by atoms with E-state index >= 15 is 0 Å². The van der Waals surface area contributed by atoms with Crippen LogP contribution >= 0.6 is 0 Å². The Morgan fingerprint density at radius 1 is 0.889 bits per heavy atom. The maximum atomic E-state index is 13.4. The molecular weight excluding hydrogens is 454 g/mol. The van der Waals surface area contributed by atoms with Gasteiger partial charge in [0.15, 0.2) is 11.6 Å². The van der Waals surface area contributed by atoms with E-state index in [1.54, 1.807) is 42.5 Å². The monoisotopic (exact) mass is 485 g/mol. The topological polar surface area (TPSA) is 92.7 Å². The third-order valence-electron chi connectivity index (χ3n) is 7.20. The van der Waals surface area contributed by atoms with E-state index in [-0.39, 0.29) is 34.1 Å². The van der Waals surface area contributed by atoms with Gasteiger partial charge < -0.3 is 15.2 Å². The number of rotatable bonds is 3. The van der Waals surface area contributed by atoms with E-state index in [1.165, 1.54) is 0 Å². The number of hydrogen-bond donors (Lipinski definition) is 2. The summed E-state index contributed by atoms with van der Waals surface area (Å²) in [5.41, 5.74) is 1.85. The minimum atomic E-state index is -0.685. The van der Waals surface area contributed by atoms with Gasteiger partial charge in [0.1, 0.15) is 17.3 Å². The van der Waals surface area contributed by atoms with Gasteiger partial charge >= 0.3 is 0 Å². The van der Waals surface area contributed by atoms with E-state index in [0.29, 0.717) is 65.2 Å². The van der Waals surface area contributed by atoms with Crippen LogP contribution in [-0.4, -0.2) is 22.6 Å². The number of amides is 1. The molecule has 1 heterocycles. The molecule has 2 N–H and O–H groups in total. The van der Waals surface area contributed by atoms with Crippen LogP contribution in [0.3, 0.4) is 0 Å². The lowest BCUT2D eigenvalue weighted by atomic mass is 9.66. The van der Waals surface area contributed by atoms with Gasteiger partial charge in [0.2, 0.25) is 0 Å². The highest BCUT2D eigenvalue weighted by atomic mass is 16.5. The first-order valence-electron chi connectivity index (χ1n) is 12.3. The van der Waals surface area contributed by atoms with Crippen molar-refractivity contribution in [1.82, 2.24) is 0 Å². The first-order chi connectivity index (χ1) is 16.9. The second kappa shape index (κ2) is 8.47. The zero-order valence-electron chi connectivity index (χ0n) is 21.1. The lowest BCUT2D eigenvalue weighted by Crippen LogP contribution is -2.36. The van der Waals surface area contributed by atoms with Crippen molar-refractivity contribution in [3.8, 4) is 5.75 Å². The number of nitrogens with one attached hydrogen (secondary N) is 1. The molecule has 2 aromatic rings. The maximum Gasteiger partial charge on any atom is 0.255 e. The highest BCUT2D eigenvalue weighted by Crippen LogP contribution is 2.53. The van der Waals surface area contributed by atoms with Gasteiger partial charge in [-0.25, -0.2) is 0 Å². The largest absolute Gasteiger partial charge is 0.512 e. The second-order valence-corrected chi connectivity index (χ2v) is 11.7. The second-order valence-electron chi connectivity index (χ2n) is 11.7. The molecule has 1 aliphatic heterocycles. The van der Waals surface area contributed by atoms with Crippen LogP contribution in [0.2, 0.25) is 0 Å². The number of allylic oxidation sites excluding steroid dienone is 4. The summed E-state index contributed by atoms with van der Waals surface area (Å²) in [7, 11) is 0. The van der Waals surface area contributed by atoms with Crippen molar-refractivity contribution < 1.29 is 24.2 Å². The first kappa shape index (κ1) is 24.0. The number of carbonyl (C=O) groups is 3. The zero-order chi connectivity index (χ0) is 25.8. The number of hydrogen-bond acceptors (Lipinski definition) is 5. The van der Waals surface area contributed by atoms with E-state index in [2.05, 4.69) is 5.32 Å². The number of aliphatic hydroxyl groups excluding tert-OH is 1. The van der Waals surface area contributed by atoms with Gasteiger partial charge in [-0.05, 0) is 29.0 Å². The number of benzene rings is 2. The summed E-state index contributed by atoms with van der Waals surface area (Å²) in [5.74, 6) is -0.0770. The molecule has 1 unspecified atom stereocenters. The molecule has 5 rings (SSSR count). The predicted octanol–water partition coefficient (Wildman–Crippen LogP) is 6.26. The minimum Gasteiger partial charge on any atom is -0.512 e. The summed E-state index contributed by atoms with van der Waals surface area (Å²) >= 11 is 0. The molecule has 0 radical (unpaired) electrons. The number of ketones is 2. The Morgan fingerprint density at radius 2 is 1.53 bits per heavy atom. The van der Waals surface area contributed by atoms with Gasteiger partial charge in [0.25, 0.3) is 5.91 Å². The first-order valence-corrected chi connectivity index (χ1v) is 12.3. The minimum absolute atomic E-state index is 0.0417. The molecular formula is C30H31NO5. The Hall–Kier alpha value is -3.67. The molecule has 2 aromatic carbocycles. The number of anilines is 1. The zero-order valence-corrected chi connectivity index (χ0v) is 21.1. The lowest BCUT2D eigenvalue weighted by molar-refractivity contribution is -0.119. The van der Waals surface area contributed by atoms with Crippen LogP contribution in [0.1, 0.15) is 75.2 Å². The molecule has 186 valence electrons. The predicted molar refractivity (Wildman–Crippen MR) is 137 cm³/mol. The number of ether oxygens (including phenoxy) is 1. The number of Topliss-reactive ketones (excluding diaryl/α,β-unsaturated/α-hetero) is 2. The Morgan fingerprint density at radius 3 is 2.19 bits per heavy atom. The highest BCUT2D eigenvalue weighted by molar-refractivity contribution is 6.07. The average molecular weight is 486 g/mol. The van der Waals surface area contributed by atoms with Crippen molar-refractivity contribution in [2.45, 2.75) is 59.3 Å². The molecule has 2 aliphatic carbocycles. The maximum absolute atomic E-state index is 13.4. The summed E-state index contributed by atoms with van der Waals surface area (Å²) < 4.78 is 6.29. The van der Waals surface area contributed by atoms with E-state index in [9.17, 15) is 19.5 Å². The van der Waals surface area contributed by atoms with Crippen molar-refractivity contribution in [2.24, 2.45) is 10.8 Å². The molecule has 0 spiro atoms. The van der Waals surface area contributed by atoms with E-state index in [1.807, 2.05) is 33.8 Å². The molecule has 0 fully saturated rings. The van der Waals surface area contributed by atoms with Gasteiger partial charge in [-0.1, -0.05) is 52.0 Å². The molecule has 36 heavy (non-hydrogen) atoms. The summed E-state index contributed by atoms with van der Waals surface area (Å²) in [6.07, 6.45) is 1.55. The quantitative estimate of drug-likeness (QED) is 0.535. The smallest absolute Gasteiger partial charge is 0.255 e. The summed E-state index contributed by atoms with van der Waals surface area (Å²) in [6.45, 7) is 7.95. The van der Waals surface area contributed by atoms with Crippen LogP contribution in [0.4, 0.5) is 5.69 Å². The molecule has 0 bridgehead atoms. The SMILES string of the molecule is CC1(C)CC(=O)C(C2C3=C(CC(C)(C)CC3=O)Oc3cc(NC(=O)c4ccccc4)ccc32)=C(O)C1. The lowest BCUT2D eigenvalue weighted by Gasteiger charge is -2.40. The van der Waals surface area contributed by atoms with Crippen molar-refractivity contribution in [1.29, 1.82) is 0 Å². The third kappa shape index (κ3) is 4.36. The Labute approximate surface area is 211 Å².